The second kappa shape index (κ2) is 5.35. The third-order valence-electron chi connectivity index (χ3n) is 2.94. The number of piperidine rings is 1. The van der Waals surface area contributed by atoms with Gasteiger partial charge >= 0.3 is 0 Å². The molecule has 0 amide bonds. The van der Waals surface area contributed by atoms with E-state index in [1.165, 1.54) is 16.4 Å². The van der Waals surface area contributed by atoms with Crippen LogP contribution < -0.4 is 5.73 Å². The first-order valence-electron chi connectivity index (χ1n) is 5.62. The predicted octanol–water partition coefficient (Wildman–Crippen LogP) is 2.11. The fourth-order valence-electron chi connectivity index (χ4n) is 2.05. The van der Waals surface area contributed by atoms with Crippen LogP contribution in [0.15, 0.2) is 23.1 Å². The monoisotopic (exact) mass is 308 g/mol. The molecule has 0 radical (unpaired) electrons. The summed E-state index contributed by atoms with van der Waals surface area (Å²) in [5.41, 5.74) is 5.80. The molecule has 4 nitrogen and oxygen atoms in total. The molecule has 1 aliphatic rings. The van der Waals surface area contributed by atoms with Gasteiger partial charge in [-0.1, -0.05) is 29.3 Å². The first kappa shape index (κ1) is 14.1. The van der Waals surface area contributed by atoms with Gasteiger partial charge in [0.1, 0.15) is 4.90 Å². The topological polar surface area (TPSA) is 63.4 Å². The Morgan fingerprint density at radius 1 is 1.28 bits per heavy atom. The summed E-state index contributed by atoms with van der Waals surface area (Å²) in [6.07, 6.45) is 1.59. The normalized spacial score (nSPS) is 22.1. The van der Waals surface area contributed by atoms with Gasteiger partial charge in [-0.25, -0.2) is 8.42 Å². The summed E-state index contributed by atoms with van der Waals surface area (Å²) < 4.78 is 26.3. The smallest absolute Gasteiger partial charge is 0.246 e. The van der Waals surface area contributed by atoms with E-state index in [4.69, 9.17) is 28.9 Å². The van der Waals surface area contributed by atoms with Gasteiger partial charge in [-0.05, 0) is 25.0 Å². The van der Waals surface area contributed by atoms with Gasteiger partial charge in [-0.2, -0.15) is 4.31 Å². The van der Waals surface area contributed by atoms with Gasteiger partial charge in [0.2, 0.25) is 10.0 Å². The highest BCUT2D eigenvalue weighted by atomic mass is 35.5. The van der Waals surface area contributed by atoms with Crippen molar-refractivity contribution in [2.24, 2.45) is 5.73 Å². The average molecular weight is 309 g/mol. The molecule has 0 aromatic heterocycles. The van der Waals surface area contributed by atoms with Crippen molar-refractivity contribution in [1.82, 2.24) is 4.31 Å². The lowest BCUT2D eigenvalue weighted by atomic mass is 10.1. The second-order valence-corrected chi connectivity index (χ2v) is 7.01. The summed E-state index contributed by atoms with van der Waals surface area (Å²) in [6.45, 7) is 0.765. The van der Waals surface area contributed by atoms with Crippen molar-refractivity contribution >= 4 is 33.2 Å². The lowest BCUT2D eigenvalue weighted by Gasteiger charge is -2.30. The van der Waals surface area contributed by atoms with Crippen LogP contribution in [0.2, 0.25) is 10.0 Å². The summed E-state index contributed by atoms with van der Waals surface area (Å²) in [5.74, 6) is 0. The van der Waals surface area contributed by atoms with Crippen LogP contribution in [-0.4, -0.2) is 31.9 Å². The molecule has 0 spiro atoms. The summed E-state index contributed by atoms with van der Waals surface area (Å²) >= 11 is 11.9. The van der Waals surface area contributed by atoms with E-state index in [1.807, 2.05) is 0 Å². The second-order valence-electron chi connectivity index (χ2n) is 4.32. The van der Waals surface area contributed by atoms with E-state index in [2.05, 4.69) is 0 Å². The standard InChI is InChI=1S/C11H14Cl2N2O2S/c12-9-4-1-5-10(13)11(9)18(16,17)15-6-2-3-8(14)7-15/h1,4-5,8H,2-3,6-7,14H2. The van der Waals surface area contributed by atoms with Crippen LogP contribution in [0.4, 0.5) is 0 Å². The van der Waals surface area contributed by atoms with Gasteiger partial charge in [0, 0.05) is 19.1 Å². The number of hydrogen-bond acceptors (Lipinski definition) is 3. The van der Waals surface area contributed by atoms with Crippen LogP contribution in [0.5, 0.6) is 0 Å². The third-order valence-corrected chi connectivity index (χ3v) is 5.76. The highest BCUT2D eigenvalue weighted by Crippen LogP contribution is 2.32. The minimum absolute atomic E-state index is 0.0255. The minimum Gasteiger partial charge on any atom is -0.327 e. The van der Waals surface area contributed by atoms with Crippen molar-refractivity contribution < 1.29 is 8.42 Å². The van der Waals surface area contributed by atoms with Gasteiger partial charge in [0.25, 0.3) is 0 Å². The van der Waals surface area contributed by atoms with Gasteiger partial charge in [0.05, 0.1) is 10.0 Å². The maximum atomic E-state index is 12.5. The largest absolute Gasteiger partial charge is 0.327 e. The number of hydrogen-bond donors (Lipinski definition) is 1. The van der Waals surface area contributed by atoms with E-state index in [1.54, 1.807) is 6.07 Å². The van der Waals surface area contributed by atoms with Crippen molar-refractivity contribution in [3.05, 3.63) is 28.2 Å². The number of sulfonamides is 1. The third kappa shape index (κ3) is 2.65. The predicted molar refractivity (Wildman–Crippen MR) is 72.4 cm³/mol. The number of nitrogens with two attached hydrogens (primary N) is 1. The zero-order chi connectivity index (χ0) is 13.3. The lowest BCUT2D eigenvalue weighted by Crippen LogP contribution is -2.45. The molecule has 7 heteroatoms. The Kier molecular flexibility index (Phi) is 4.18. The summed E-state index contributed by atoms with van der Waals surface area (Å²) in [5, 5.41) is 0.281. The van der Waals surface area contributed by atoms with Gasteiger partial charge in [0.15, 0.2) is 0 Å². The van der Waals surface area contributed by atoms with E-state index in [-0.39, 0.29) is 21.0 Å². The summed E-state index contributed by atoms with van der Waals surface area (Å²) in [7, 11) is -3.67. The summed E-state index contributed by atoms with van der Waals surface area (Å²) in [4.78, 5) is -0.0255. The molecule has 1 atom stereocenters. The lowest BCUT2D eigenvalue weighted by molar-refractivity contribution is 0.316. The molecule has 1 aliphatic heterocycles. The van der Waals surface area contributed by atoms with E-state index >= 15 is 0 Å². The Labute approximate surface area is 117 Å². The van der Waals surface area contributed by atoms with Crippen LogP contribution in [0.1, 0.15) is 12.8 Å². The molecule has 18 heavy (non-hydrogen) atoms. The Morgan fingerprint density at radius 3 is 2.44 bits per heavy atom. The minimum atomic E-state index is -3.67. The zero-order valence-electron chi connectivity index (χ0n) is 9.64. The van der Waals surface area contributed by atoms with Crippen LogP contribution >= 0.6 is 23.2 Å². The molecule has 2 N–H and O–H groups in total. The highest BCUT2D eigenvalue weighted by molar-refractivity contribution is 7.89. The average Bonchev–Trinajstić information content (AvgIpc) is 2.28. The Hall–Kier alpha value is -0.330. The van der Waals surface area contributed by atoms with Gasteiger partial charge in [-0.15, -0.1) is 0 Å². The first-order valence-corrected chi connectivity index (χ1v) is 7.82. The van der Waals surface area contributed by atoms with E-state index in [9.17, 15) is 8.42 Å². The van der Waals surface area contributed by atoms with Crippen LogP contribution in [0.3, 0.4) is 0 Å². The molecule has 0 aliphatic carbocycles. The van der Waals surface area contributed by atoms with Crippen molar-refractivity contribution in [3.63, 3.8) is 0 Å². The SMILES string of the molecule is NC1CCCN(S(=O)(=O)c2c(Cl)cccc2Cl)C1. The molecule has 0 bridgehead atoms. The van der Waals surface area contributed by atoms with Crippen LogP contribution in [0, 0.1) is 0 Å². The molecule has 100 valence electrons. The van der Waals surface area contributed by atoms with Crippen molar-refractivity contribution in [2.45, 2.75) is 23.8 Å². The number of halogens is 2. The summed E-state index contributed by atoms with van der Waals surface area (Å²) in [6, 6.07) is 4.52. The van der Waals surface area contributed by atoms with Gasteiger partial charge in [-0.3, -0.25) is 0 Å². The van der Waals surface area contributed by atoms with Gasteiger partial charge < -0.3 is 5.73 Å². The first-order chi connectivity index (χ1) is 8.43. The van der Waals surface area contributed by atoms with E-state index in [0.29, 0.717) is 13.1 Å². The highest BCUT2D eigenvalue weighted by Gasteiger charge is 2.32. The molecule has 1 heterocycles. The molecule has 1 fully saturated rings. The Balaban J connectivity index is 2.42. The fraction of sp³-hybridized carbons (Fsp3) is 0.455. The van der Waals surface area contributed by atoms with Crippen LogP contribution in [0.25, 0.3) is 0 Å². The molecular formula is C11H14Cl2N2O2S. The number of nitrogens with zero attached hydrogens (tertiary/aromatic N) is 1. The van der Waals surface area contributed by atoms with Crippen molar-refractivity contribution in [3.8, 4) is 0 Å². The molecule has 2 rings (SSSR count). The molecule has 0 saturated carbocycles. The molecular weight excluding hydrogens is 295 g/mol. The number of benzene rings is 1. The van der Waals surface area contributed by atoms with Crippen molar-refractivity contribution in [1.29, 1.82) is 0 Å². The maximum Gasteiger partial charge on any atom is 0.246 e. The Bertz CT molecular complexity index is 528. The number of rotatable bonds is 2. The molecule has 1 unspecified atom stereocenters. The zero-order valence-corrected chi connectivity index (χ0v) is 12.0. The van der Waals surface area contributed by atoms with Crippen molar-refractivity contribution in [2.75, 3.05) is 13.1 Å². The maximum absolute atomic E-state index is 12.5. The Morgan fingerprint density at radius 2 is 1.89 bits per heavy atom. The molecule has 1 aromatic rings. The fourth-order valence-corrected chi connectivity index (χ4v) is 4.68. The molecule has 1 saturated heterocycles. The van der Waals surface area contributed by atoms with E-state index < -0.39 is 10.0 Å². The van der Waals surface area contributed by atoms with E-state index in [0.717, 1.165) is 12.8 Å². The quantitative estimate of drug-likeness (QED) is 0.910. The molecule has 1 aromatic carbocycles. The van der Waals surface area contributed by atoms with Crippen LogP contribution in [-0.2, 0) is 10.0 Å².